The SMILES string of the molecule is COc1ccc(C(NC(=O)C(C)Cc2cccc(F)c2)c2ccccc2)cc1. The molecule has 0 heterocycles. The van der Waals surface area contributed by atoms with Crippen LogP contribution in [0.4, 0.5) is 4.39 Å². The highest BCUT2D eigenvalue weighted by atomic mass is 19.1. The molecular formula is C24H24FNO2. The number of halogens is 1. The second-order valence-electron chi connectivity index (χ2n) is 6.86. The summed E-state index contributed by atoms with van der Waals surface area (Å²) in [5.74, 6) is 0.118. The van der Waals surface area contributed by atoms with Gasteiger partial charge in [-0.2, -0.15) is 0 Å². The van der Waals surface area contributed by atoms with Crippen molar-refractivity contribution >= 4 is 5.91 Å². The van der Waals surface area contributed by atoms with Crippen LogP contribution in [0.25, 0.3) is 0 Å². The zero-order valence-corrected chi connectivity index (χ0v) is 16.1. The van der Waals surface area contributed by atoms with Crippen molar-refractivity contribution in [2.75, 3.05) is 7.11 Å². The van der Waals surface area contributed by atoms with Crippen molar-refractivity contribution in [3.63, 3.8) is 0 Å². The van der Waals surface area contributed by atoms with Crippen molar-refractivity contribution in [3.05, 3.63) is 101 Å². The van der Waals surface area contributed by atoms with Gasteiger partial charge >= 0.3 is 0 Å². The van der Waals surface area contributed by atoms with Crippen molar-refractivity contribution < 1.29 is 13.9 Å². The van der Waals surface area contributed by atoms with Gasteiger partial charge in [-0.1, -0.05) is 61.5 Å². The molecule has 3 aromatic carbocycles. The van der Waals surface area contributed by atoms with Gasteiger partial charge in [0.05, 0.1) is 13.2 Å². The minimum atomic E-state index is -0.287. The third kappa shape index (κ3) is 4.97. The van der Waals surface area contributed by atoms with Gasteiger partial charge in [-0.15, -0.1) is 0 Å². The third-order valence-corrected chi connectivity index (χ3v) is 4.75. The maximum absolute atomic E-state index is 13.4. The summed E-state index contributed by atoms with van der Waals surface area (Å²) in [6, 6.07) is 23.6. The van der Waals surface area contributed by atoms with Gasteiger partial charge in [0.1, 0.15) is 11.6 Å². The topological polar surface area (TPSA) is 38.3 Å². The first-order valence-corrected chi connectivity index (χ1v) is 9.30. The highest BCUT2D eigenvalue weighted by Gasteiger charge is 2.21. The van der Waals surface area contributed by atoms with E-state index in [9.17, 15) is 9.18 Å². The summed E-state index contributed by atoms with van der Waals surface area (Å²) in [5.41, 5.74) is 2.78. The molecule has 4 heteroatoms. The van der Waals surface area contributed by atoms with Crippen molar-refractivity contribution in [2.24, 2.45) is 5.92 Å². The maximum atomic E-state index is 13.4. The normalized spacial score (nSPS) is 12.8. The summed E-state index contributed by atoms with van der Waals surface area (Å²) >= 11 is 0. The van der Waals surface area contributed by atoms with Gasteiger partial charge < -0.3 is 10.1 Å². The Bertz CT molecular complexity index is 909. The fourth-order valence-corrected chi connectivity index (χ4v) is 3.20. The molecular weight excluding hydrogens is 353 g/mol. The van der Waals surface area contributed by atoms with Crippen LogP contribution in [-0.2, 0) is 11.2 Å². The zero-order valence-electron chi connectivity index (χ0n) is 16.1. The molecule has 0 spiro atoms. The molecule has 0 fully saturated rings. The number of amides is 1. The van der Waals surface area contributed by atoms with E-state index in [0.29, 0.717) is 6.42 Å². The number of carbonyl (C=O) groups excluding carboxylic acids is 1. The lowest BCUT2D eigenvalue weighted by Crippen LogP contribution is -2.34. The molecule has 3 nitrogen and oxygen atoms in total. The van der Waals surface area contributed by atoms with Crippen molar-refractivity contribution in [1.29, 1.82) is 0 Å². The van der Waals surface area contributed by atoms with Gasteiger partial charge in [-0.3, -0.25) is 4.79 Å². The highest BCUT2D eigenvalue weighted by Crippen LogP contribution is 2.25. The number of hydrogen-bond donors (Lipinski definition) is 1. The van der Waals surface area contributed by atoms with Gasteiger partial charge in [0.25, 0.3) is 0 Å². The predicted molar refractivity (Wildman–Crippen MR) is 109 cm³/mol. The Balaban J connectivity index is 1.79. The lowest BCUT2D eigenvalue weighted by molar-refractivity contribution is -0.125. The Morgan fingerprint density at radius 2 is 1.64 bits per heavy atom. The minimum Gasteiger partial charge on any atom is -0.497 e. The average molecular weight is 377 g/mol. The van der Waals surface area contributed by atoms with E-state index in [1.807, 2.05) is 67.6 Å². The van der Waals surface area contributed by atoms with E-state index in [-0.39, 0.29) is 23.7 Å². The van der Waals surface area contributed by atoms with E-state index >= 15 is 0 Å². The first kappa shape index (κ1) is 19.6. The summed E-state index contributed by atoms with van der Waals surface area (Å²) in [6.45, 7) is 1.86. The van der Waals surface area contributed by atoms with E-state index < -0.39 is 0 Å². The molecule has 28 heavy (non-hydrogen) atoms. The Morgan fingerprint density at radius 3 is 2.29 bits per heavy atom. The lowest BCUT2D eigenvalue weighted by Gasteiger charge is -2.22. The van der Waals surface area contributed by atoms with E-state index in [4.69, 9.17) is 4.74 Å². The van der Waals surface area contributed by atoms with E-state index in [0.717, 1.165) is 22.4 Å². The number of benzene rings is 3. The molecule has 1 N–H and O–H groups in total. The molecule has 0 radical (unpaired) electrons. The average Bonchev–Trinajstić information content (AvgIpc) is 2.72. The molecule has 3 rings (SSSR count). The van der Waals surface area contributed by atoms with Crippen LogP contribution in [0.1, 0.15) is 29.7 Å². The molecule has 2 unspecified atom stereocenters. The number of hydrogen-bond acceptors (Lipinski definition) is 2. The van der Waals surface area contributed by atoms with E-state index in [1.165, 1.54) is 12.1 Å². The van der Waals surface area contributed by atoms with Gasteiger partial charge in [-0.05, 0) is 47.4 Å². The highest BCUT2D eigenvalue weighted by molar-refractivity contribution is 5.79. The Labute approximate surface area is 165 Å². The zero-order chi connectivity index (χ0) is 19.9. The number of nitrogens with one attached hydrogen (secondary N) is 1. The summed E-state index contributed by atoms with van der Waals surface area (Å²) in [4.78, 5) is 12.9. The van der Waals surface area contributed by atoms with Gasteiger partial charge in [-0.25, -0.2) is 4.39 Å². The molecule has 0 aliphatic rings. The second-order valence-corrected chi connectivity index (χ2v) is 6.86. The van der Waals surface area contributed by atoms with Crippen LogP contribution in [0.2, 0.25) is 0 Å². The van der Waals surface area contributed by atoms with Crippen LogP contribution < -0.4 is 10.1 Å². The van der Waals surface area contributed by atoms with Crippen LogP contribution in [0.15, 0.2) is 78.9 Å². The third-order valence-electron chi connectivity index (χ3n) is 4.75. The van der Waals surface area contributed by atoms with Crippen LogP contribution >= 0.6 is 0 Å². The Morgan fingerprint density at radius 1 is 0.964 bits per heavy atom. The van der Waals surface area contributed by atoms with Gasteiger partial charge in [0.15, 0.2) is 0 Å². The summed E-state index contributed by atoms with van der Waals surface area (Å²) in [6.07, 6.45) is 0.480. The van der Waals surface area contributed by atoms with Crippen molar-refractivity contribution in [1.82, 2.24) is 5.32 Å². The number of ether oxygens (including phenoxy) is 1. The fraction of sp³-hybridized carbons (Fsp3) is 0.208. The van der Waals surface area contributed by atoms with Crippen molar-refractivity contribution in [3.8, 4) is 5.75 Å². The quantitative estimate of drug-likeness (QED) is 0.635. The van der Waals surface area contributed by atoms with Gasteiger partial charge in [0.2, 0.25) is 5.91 Å². The van der Waals surface area contributed by atoms with Crippen LogP contribution in [0, 0.1) is 11.7 Å². The molecule has 1 amide bonds. The van der Waals surface area contributed by atoms with Crippen LogP contribution in [0.3, 0.4) is 0 Å². The predicted octanol–water partition coefficient (Wildman–Crippen LogP) is 4.92. The van der Waals surface area contributed by atoms with Crippen LogP contribution in [-0.4, -0.2) is 13.0 Å². The van der Waals surface area contributed by atoms with E-state index in [1.54, 1.807) is 13.2 Å². The summed E-state index contributed by atoms with van der Waals surface area (Å²) in [7, 11) is 1.62. The molecule has 3 aromatic rings. The molecule has 0 saturated heterocycles. The Kier molecular flexibility index (Phi) is 6.43. The Hall–Kier alpha value is -3.14. The second kappa shape index (κ2) is 9.18. The van der Waals surface area contributed by atoms with E-state index in [2.05, 4.69) is 5.32 Å². The molecule has 0 saturated carbocycles. The first-order valence-electron chi connectivity index (χ1n) is 9.30. The standard InChI is InChI=1S/C24H24FNO2/c1-17(15-18-7-6-10-21(25)16-18)24(27)26-23(19-8-4-3-5-9-19)20-11-13-22(28-2)14-12-20/h3-14,16-17,23H,15H2,1-2H3,(H,26,27). The molecule has 0 aromatic heterocycles. The van der Waals surface area contributed by atoms with Crippen LogP contribution in [0.5, 0.6) is 5.75 Å². The lowest BCUT2D eigenvalue weighted by atomic mass is 9.96. The van der Waals surface area contributed by atoms with Gasteiger partial charge in [0, 0.05) is 5.92 Å². The number of methoxy groups -OCH3 is 1. The van der Waals surface area contributed by atoms with Crippen molar-refractivity contribution in [2.45, 2.75) is 19.4 Å². The number of rotatable bonds is 7. The summed E-state index contributed by atoms with van der Waals surface area (Å²) in [5, 5.41) is 3.15. The number of carbonyl (C=O) groups is 1. The largest absolute Gasteiger partial charge is 0.497 e. The minimum absolute atomic E-state index is 0.0751. The fourth-order valence-electron chi connectivity index (χ4n) is 3.20. The molecule has 144 valence electrons. The summed E-state index contributed by atoms with van der Waals surface area (Å²) < 4.78 is 18.7. The molecule has 0 aliphatic carbocycles. The smallest absolute Gasteiger partial charge is 0.223 e. The monoisotopic (exact) mass is 377 g/mol. The molecule has 0 aliphatic heterocycles. The molecule has 2 atom stereocenters. The molecule has 0 bridgehead atoms. The maximum Gasteiger partial charge on any atom is 0.223 e. The first-order chi connectivity index (χ1) is 13.6.